The van der Waals surface area contributed by atoms with E-state index in [9.17, 15) is 0 Å². The van der Waals surface area contributed by atoms with Crippen LogP contribution in [0.15, 0.2) is 30.3 Å². The van der Waals surface area contributed by atoms with Crippen molar-refractivity contribution in [2.24, 2.45) is 23.2 Å². The summed E-state index contributed by atoms with van der Waals surface area (Å²) in [5, 5.41) is 0. The zero-order valence-electron chi connectivity index (χ0n) is 18.0. The van der Waals surface area contributed by atoms with Crippen LogP contribution < -0.4 is 0 Å². The first-order valence-corrected chi connectivity index (χ1v) is 12.6. The van der Waals surface area contributed by atoms with E-state index in [2.05, 4.69) is 35.2 Å². The van der Waals surface area contributed by atoms with Crippen molar-refractivity contribution in [2.75, 3.05) is 19.6 Å². The van der Waals surface area contributed by atoms with Gasteiger partial charge in [0.05, 0.1) is 0 Å². The Balaban J connectivity index is 1.22. The molecule has 1 atom stereocenters. The Labute approximate surface area is 173 Å². The van der Waals surface area contributed by atoms with Crippen molar-refractivity contribution >= 4 is 0 Å². The van der Waals surface area contributed by atoms with Crippen LogP contribution in [0.4, 0.5) is 0 Å². The van der Waals surface area contributed by atoms with Crippen molar-refractivity contribution in [3.05, 3.63) is 35.9 Å². The van der Waals surface area contributed by atoms with Crippen LogP contribution in [0.5, 0.6) is 0 Å². The number of piperidine rings is 1. The number of unbranched alkanes of at least 4 members (excludes halogenated alkanes) is 2. The van der Waals surface area contributed by atoms with Crippen molar-refractivity contribution in [1.82, 2.24) is 4.90 Å². The molecule has 1 heteroatoms. The molecule has 0 amide bonds. The van der Waals surface area contributed by atoms with Crippen LogP contribution in [0, 0.1) is 23.2 Å². The van der Waals surface area contributed by atoms with Crippen LogP contribution in [0.1, 0.15) is 95.0 Å². The van der Waals surface area contributed by atoms with Gasteiger partial charge in [-0.1, -0.05) is 49.6 Å². The Morgan fingerprint density at radius 1 is 0.786 bits per heavy atom. The first-order valence-electron chi connectivity index (χ1n) is 12.6. The van der Waals surface area contributed by atoms with Crippen LogP contribution in [0.3, 0.4) is 0 Å². The Bertz CT molecular complexity index is 579. The molecule has 1 aromatic carbocycles. The van der Waals surface area contributed by atoms with E-state index in [0.717, 1.165) is 23.7 Å². The SMILES string of the molecule is c1ccc(C(CCCCCN2CCCCC2)C23CC4CC(CC(C4)C2)C3)cc1. The summed E-state index contributed by atoms with van der Waals surface area (Å²) >= 11 is 0. The maximum absolute atomic E-state index is 2.72. The molecule has 1 unspecified atom stereocenters. The van der Waals surface area contributed by atoms with E-state index >= 15 is 0 Å². The van der Waals surface area contributed by atoms with Crippen molar-refractivity contribution in [3.63, 3.8) is 0 Å². The minimum absolute atomic E-state index is 0.656. The molecule has 5 aliphatic rings. The van der Waals surface area contributed by atoms with Gasteiger partial charge in [-0.2, -0.15) is 0 Å². The monoisotopic (exact) mass is 379 g/mol. The molecule has 154 valence electrons. The maximum atomic E-state index is 2.72. The van der Waals surface area contributed by atoms with Gasteiger partial charge in [0.15, 0.2) is 0 Å². The van der Waals surface area contributed by atoms with Crippen LogP contribution >= 0.6 is 0 Å². The molecule has 1 aliphatic heterocycles. The predicted octanol–water partition coefficient (Wildman–Crippen LogP) is 7.03. The number of hydrogen-bond acceptors (Lipinski definition) is 1. The summed E-state index contributed by atoms with van der Waals surface area (Å²) in [4.78, 5) is 2.72. The molecule has 4 aliphatic carbocycles. The van der Waals surface area contributed by atoms with Crippen LogP contribution in [0.25, 0.3) is 0 Å². The molecule has 0 radical (unpaired) electrons. The van der Waals surface area contributed by atoms with Crippen molar-refractivity contribution < 1.29 is 0 Å². The Kier molecular flexibility index (Phi) is 5.82. The Hall–Kier alpha value is -0.820. The second-order valence-electron chi connectivity index (χ2n) is 11.0. The quantitative estimate of drug-likeness (QED) is 0.438. The third-order valence-electron chi connectivity index (χ3n) is 8.94. The fraction of sp³-hybridized carbons (Fsp3) is 0.778. The fourth-order valence-corrected chi connectivity index (χ4v) is 8.16. The molecule has 6 rings (SSSR count). The molecule has 0 aromatic heterocycles. The Morgan fingerprint density at radius 2 is 1.43 bits per heavy atom. The highest BCUT2D eigenvalue weighted by molar-refractivity contribution is 5.24. The summed E-state index contributed by atoms with van der Waals surface area (Å²) in [5.41, 5.74) is 2.32. The van der Waals surface area contributed by atoms with E-state index in [-0.39, 0.29) is 0 Å². The highest BCUT2D eigenvalue weighted by Gasteiger charge is 2.53. The lowest BCUT2D eigenvalue weighted by atomic mass is 9.45. The van der Waals surface area contributed by atoms with Gasteiger partial charge in [-0.25, -0.2) is 0 Å². The summed E-state index contributed by atoms with van der Waals surface area (Å²) in [5.74, 6) is 4.03. The molecule has 4 bridgehead atoms. The smallest absolute Gasteiger partial charge is 0.00187 e. The number of benzene rings is 1. The highest BCUT2D eigenvalue weighted by atomic mass is 15.1. The second-order valence-corrected chi connectivity index (χ2v) is 11.0. The van der Waals surface area contributed by atoms with Gasteiger partial charge in [0.2, 0.25) is 0 Å². The lowest BCUT2D eigenvalue weighted by molar-refractivity contribution is -0.0704. The molecule has 4 saturated carbocycles. The van der Waals surface area contributed by atoms with Crippen LogP contribution in [0.2, 0.25) is 0 Å². The number of rotatable bonds is 8. The van der Waals surface area contributed by atoms with Gasteiger partial charge in [0.25, 0.3) is 0 Å². The summed E-state index contributed by atoms with van der Waals surface area (Å²) in [6.45, 7) is 4.08. The second kappa shape index (κ2) is 8.50. The van der Waals surface area contributed by atoms with Gasteiger partial charge in [0.1, 0.15) is 0 Å². The number of hydrogen-bond donors (Lipinski definition) is 0. The molecular weight excluding hydrogens is 338 g/mol. The molecular formula is C27H41N. The van der Waals surface area contributed by atoms with Gasteiger partial charge < -0.3 is 4.90 Å². The lowest BCUT2D eigenvalue weighted by Gasteiger charge is -2.60. The molecule has 28 heavy (non-hydrogen) atoms. The summed E-state index contributed by atoms with van der Waals surface area (Å²) in [6.07, 6.45) is 19.4. The normalized spacial score (nSPS) is 35.9. The molecule has 1 saturated heterocycles. The molecule has 1 aromatic rings. The average molecular weight is 380 g/mol. The first kappa shape index (κ1) is 19.2. The van der Waals surface area contributed by atoms with Gasteiger partial charge in [-0.05, 0) is 118 Å². The van der Waals surface area contributed by atoms with Gasteiger partial charge in [-0.15, -0.1) is 0 Å². The number of nitrogens with zero attached hydrogens (tertiary/aromatic N) is 1. The maximum Gasteiger partial charge on any atom is -0.00187 e. The van der Waals surface area contributed by atoms with Crippen molar-refractivity contribution in [1.29, 1.82) is 0 Å². The van der Waals surface area contributed by atoms with Crippen molar-refractivity contribution in [3.8, 4) is 0 Å². The molecule has 1 nitrogen and oxygen atoms in total. The largest absolute Gasteiger partial charge is 0.303 e. The summed E-state index contributed by atoms with van der Waals surface area (Å²) in [6, 6.07) is 11.7. The zero-order chi connectivity index (χ0) is 18.8. The molecule has 0 N–H and O–H groups in total. The minimum atomic E-state index is 0.656. The predicted molar refractivity (Wildman–Crippen MR) is 119 cm³/mol. The highest BCUT2D eigenvalue weighted by Crippen LogP contribution is 2.65. The average Bonchev–Trinajstić information content (AvgIpc) is 2.71. The van der Waals surface area contributed by atoms with Gasteiger partial charge in [0, 0.05) is 0 Å². The summed E-state index contributed by atoms with van der Waals surface area (Å²) < 4.78 is 0. The van der Waals surface area contributed by atoms with E-state index in [4.69, 9.17) is 0 Å². The molecule has 5 fully saturated rings. The summed E-state index contributed by atoms with van der Waals surface area (Å²) in [7, 11) is 0. The molecule has 1 heterocycles. The van der Waals surface area contributed by atoms with E-state index < -0.39 is 0 Å². The van der Waals surface area contributed by atoms with E-state index in [1.165, 1.54) is 64.6 Å². The zero-order valence-corrected chi connectivity index (χ0v) is 18.0. The molecule has 0 spiro atoms. The lowest BCUT2D eigenvalue weighted by Crippen LogP contribution is -2.48. The third-order valence-corrected chi connectivity index (χ3v) is 8.94. The minimum Gasteiger partial charge on any atom is -0.303 e. The third kappa shape index (κ3) is 4.07. The van der Waals surface area contributed by atoms with E-state index in [1.54, 1.807) is 44.1 Å². The first-order chi connectivity index (χ1) is 13.8. The van der Waals surface area contributed by atoms with E-state index in [1.807, 2.05) is 0 Å². The van der Waals surface area contributed by atoms with Crippen LogP contribution in [-0.2, 0) is 0 Å². The topological polar surface area (TPSA) is 3.24 Å². The van der Waals surface area contributed by atoms with E-state index in [0.29, 0.717) is 5.41 Å². The Morgan fingerprint density at radius 3 is 2.07 bits per heavy atom. The fourth-order valence-electron chi connectivity index (χ4n) is 8.16. The van der Waals surface area contributed by atoms with Crippen molar-refractivity contribution in [2.45, 2.75) is 89.4 Å². The standard InChI is InChI=1S/C27H41N/c1-4-10-25(11-5-1)26(12-6-2-7-13-28-14-8-3-9-15-28)27-19-22-16-23(20-27)18-24(17-22)21-27/h1,4-5,10-11,22-24,26H,2-3,6-9,12-21H2. The van der Waals surface area contributed by atoms with Crippen LogP contribution in [-0.4, -0.2) is 24.5 Å². The van der Waals surface area contributed by atoms with Gasteiger partial charge in [-0.3, -0.25) is 0 Å². The number of likely N-dealkylation sites (tertiary alicyclic amines) is 1. The van der Waals surface area contributed by atoms with Gasteiger partial charge >= 0.3 is 0 Å².